The minimum absolute atomic E-state index is 0.253. The van der Waals surface area contributed by atoms with Gasteiger partial charge in [0.1, 0.15) is 0 Å². The highest BCUT2D eigenvalue weighted by molar-refractivity contribution is 8.12. The molecule has 0 radical (unpaired) electrons. The van der Waals surface area contributed by atoms with Crippen molar-refractivity contribution in [2.45, 2.75) is 38.0 Å². The van der Waals surface area contributed by atoms with E-state index in [-0.39, 0.29) is 13.2 Å². The fraction of sp³-hybridized carbons (Fsp3) is 0.625. The Balaban J connectivity index is 3.65. The second-order valence-corrected chi connectivity index (χ2v) is 11.9. The summed E-state index contributed by atoms with van der Waals surface area (Å²) in [4.78, 5) is 0.959. The van der Waals surface area contributed by atoms with Gasteiger partial charge in [0.25, 0.3) is 0 Å². The molecule has 0 bridgehead atoms. The summed E-state index contributed by atoms with van der Waals surface area (Å²) in [5.74, 6) is 0. The summed E-state index contributed by atoms with van der Waals surface area (Å²) in [6.45, 7) is 5.55. The van der Waals surface area contributed by atoms with E-state index in [0.29, 0.717) is 13.2 Å². The highest BCUT2D eigenvalue weighted by Crippen LogP contribution is 2.79. The highest BCUT2D eigenvalue weighted by atomic mass is 32.5. The van der Waals surface area contributed by atoms with E-state index in [1.165, 1.54) is 0 Å². The molecule has 0 aliphatic carbocycles. The fourth-order valence-corrected chi connectivity index (χ4v) is 10.8. The Morgan fingerprint density at radius 1 is 0.960 bits per heavy atom. The van der Waals surface area contributed by atoms with Crippen LogP contribution in [0.25, 0.3) is 0 Å². The number of benzene rings is 1. The molecule has 0 aliphatic rings. The van der Waals surface area contributed by atoms with Gasteiger partial charge in [-0.25, -0.2) is 0 Å². The molecule has 1 aromatic rings. The lowest BCUT2D eigenvalue weighted by atomic mass is 10.2. The van der Waals surface area contributed by atoms with Crippen LogP contribution in [0.3, 0.4) is 0 Å². The van der Waals surface area contributed by atoms with Crippen molar-refractivity contribution in [1.82, 2.24) is 0 Å². The van der Waals surface area contributed by atoms with Crippen molar-refractivity contribution in [2.24, 2.45) is 0 Å². The van der Waals surface area contributed by atoms with Crippen molar-refractivity contribution < 1.29 is 22.7 Å². The first-order valence-electron chi connectivity index (χ1n) is 8.32. The van der Waals surface area contributed by atoms with Crippen molar-refractivity contribution in [1.29, 1.82) is 0 Å². The smallest absolute Gasteiger partial charge is 0.329 e. The highest BCUT2D eigenvalue weighted by Gasteiger charge is 2.49. The summed E-state index contributed by atoms with van der Waals surface area (Å²) < 4.78 is 36.8. The zero-order valence-corrected chi connectivity index (χ0v) is 18.9. The van der Waals surface area contributed by atoms with E-state index in [4.69, 9.17) is 29.9 Å². The fourth-order valence-electron chi connectivity index (χ4n) is 2.47. The Morgan fingerprint density at radius 3 is 1.88 bits per heavy atom. The maximum absolute atomic E-state index is 13.7. The van der Waals surface area contributed by atoms with Gasteiger partial charge in [-0.2, -0.15) is 0 Å². The van der Waals surface area contributed by atoms with Crippen molar-refractivity contribution in [3.63, 3.8) is 0 Å². The molecule has 0 N–H and O–H groups in total. The van der Waals surface area contributed by atoms with Gasteiger partial charge in [-0.05, 0) is 57.4 Å². The average Bonchev–Trinajstić information content (AvgIpc) is 2.56. The largest absolute Gasteiger partial charge is 0.347 e. The van der Waals surface area contributed by atoms with Crippen LogP contribution in [0.4, 0.5) is 0 Å². The third-order valence-electron chi connectivity index (χ3n) is 3.25. The lowest BCUT2D eigenvalue weighted by molar-refractivity contribution is 0.210. The summed E-state index contributed by atoms with van der Waals surface area (Å²) in [6.07, 6.45) is 1.97. The Hall–Kier alpha value is 0.290. The molecule has 1 atom stereocenters. The van der Waals surface area contributed by atoms with Crippen LogP contribution in [0.5, 0.6) is 0 Å². The Morgan fingerprint density at radius 2 is 1.44 bits per heavy atom. The van der Waals surface area contributed by atoms with Gasteiger partial charge in [0.2, 0.25) is 6.49 Å². The van der Waals surface area contributed by atoms with E-state index in [0.717, 1.165) is 10.5 Å². The van der Waals surface area contributed by atoms with E-state index in [1.807, 2.05) is 44.4 Å². The van der Waals surface area contributed by atoms with Crippen LogP contribution < -0.4 is 0 Å². The van der Waals surface area contributed by atoms with E-state index < -0.39 is 19.5 Å². The lowest BCUT2D eigenvalue weighted by Gasteiger charge is -2.35. The molecule has 9 heteroatoms. The summed E-state index contributed by atoms with van der Waals surface area (Å²) >= 11 is 7.37. The van der Waals surface area contributed by atoms with E-state index in [1.54, 1.807) is 25.6 Å². The van der Waals surface area contributed by atoms with Gasteiger partial charge in [-0.3, -0.25) is 4.57 Å². The second kappa shape index (κ2) is 11.2. The molecule has 1 rings (SSSR count). The Bertz CT molecular complexity index is 576. The van der Waals surface area contributed by atoms with Crippen LogP contribution in [0.15, 0.2) is 29.2 Å². The van der Waals surface area contributed by atoms with E-state index in [9.17, 15) is 4.57 Å². The minimum Gasteiger partial charge on any atom is -0.329 e. The molecule has 0 amide bonds. The molecule has 25 heavy (non-hydrogen) atoms. The number of hydrogen-bond donors (Lipinski definition) is 0. The molecule has 5 nitrogen and oxygen atoms in total. The SMILES string of the molecule is CCOP(=O)(OCC)C(c1ccccc1SC)P(=S)(OCC)OCC. The summed E-state index contributed by atoms with van der Waals surface area (Å²) in [7, 11) is -3.59. The van der Waals surface area contributed by atoms with Crippen LogP contribution in [0.1, 0.15) is 38.7 Å². The first-order valence-corrected chi connectivity index (χ1v) is 13.9. The second-order valence-electron chi connectivity index (χ2n) is 4.87. The third-order valence-corrected chi connectivity index (χ3v) is 11.8. The minimum atomic E-state index is -3.59. The number of rotatable bonds is 12. The zero-order valence-electron chi connectivity index (χ0n) is 15.5. The predicted octanol–water partition coefficient (Wildman–Crippen LogP) is 6.06. The summed E-state index contributed by atoms with van der Waals surface area (Å²) in [5.41, 5.74) is 0.797. The maximum Gasteiger partial charge on any atom is 0.347 e. The zero-order chi connectivity index (χ0) is 18.9. The lowest BCUT2D eigenvalue weighted by Crippen LogP contribution is -2.12. The van der Waals surface area contributed by atoms with Gasteiger partial charge in [0.05, 0.1) is 26.4 Å². The Labute approximate surface area is 160 Å². The van der Waals surface area contributed by atoms with Crippen molar-refractivity contribution in [3.8, 4) is 0 Å². The first kappa shape index (κ1) is 23.3. The molecular weight excluding hydrogens is 398 g/mol. The van der Waals surface area contributed by atoms with Crippen LogP contribution >= 0.6 is 25.8 Å². The molecule has 0 saturated carbocycles. The molecule has 0 heterocycles. The molecule has 0 saturated heterocycles. The van der Waals surface area contributed by atoms with Gasteiger partial charge in [-0.1, -0.05) is 18.2 Å². The molecule has 0 spiro atoms. The van der Waals surface area contributed by atoms with Gasteiger partial charge >= 0.3 is 7.60 Å². The van der Waals surface area contributed by atoms with Gasteiger partial charge in [-0.15, -0.1) is 11.8 Å². The molecule has 0 fully saturated rings. The Kier molecular flexibility index (Phi) is 10.5. The standard InChI is InChI=1S/C16H28O5P2S2/c1-6-18-22(17,19-7-2)16(23(24,20-8-3)21-9-4)14-12-10-11-13-15(14)25-5/h10-13,16H,6-9H2,1-5H3. The quantitative estimate of drug-likeness (QED) is 0.298. The topological polar surface area (TPSA) is 54.0 Å². The molecule has 144 valence electrons. The van der Waals surface area contributed by atoms with E-state index >= 15 is 0 Å². The molecule has 1 unspecified atom stereocenters. The molecular formula is C16H28O5P2S2. The van der Waals surface area contributed by atoms with Crippen molar-refractivity contribution >= 4 is 37.7 Å². The average molecular weight is 426 g/mol. The van der Waals surface area contributed by atoms with Crippen LogP contribution in [-0.4, -0.2) is 32.7 Å². The molecule has 0 aromatic heterocycles. The number of hydrogen-bond acceptors (Lipinski definition) is 7. The van der Waals surface area contributed by atoms with E-state index in [2.05, 4.69) is 0 Å². The van der Waals surface area contributed by atoms with Crippen LogP contribution in [0.2, 0.25) is 0 Å². The van der Waals surface area contributed by atoms with Crippen molar-refractivity contribution in [3.05, 3.63) is 29.8 Å². The molecule has 0 aliphatic heterocycles. The summed E-state index contributed by atoms with van der Waals surface area (Å²) in [5, 5.41) is -0.765. The maximum atomic E-state index is 13.7. The van der Waals surface area contributed by atoms with Gasteiger partial charge < -0.3 is 18.1 Å². The summed E-state index contributed by atoms with van der Waals surface area (Å²) in [6, 6.07) is 7.69. The first-order chi connectivity index (χ1) is 11.9. The van der Waals surface area contributed by atoms with Gasteiger partial charge in [0, 0.05) is 4.90 Å². The monoisotopic (exact) mass is 426 g/mol. The van der Waals surface area contributed by atoms with Crippen LogP contribution in [0, 0.1) is 0 Å². The molecule has 1 aromatic carbocycles. The predicted molar refractivity (Wildman–Crippen MR) is 109 cm³/mol. The van der Waals surface area contributed by atoms with Crippen molar-refractivity contribution in [2.75, 3.05) is 32.7 Å². The normalized spacial score (nSPS) is 13.8. The third kappa shape index (κ3) is 5.88. The van der Waals surface area contributed by atoms with Gasteiger partial charge in [0.15, 0.2) is 5.40 Å². The number of thioether (sulfide) groups is 1. The van der Waals surface area contributed by atoms with Crippen LogP contribution in [-0.2, 0) is 34.5 Å².